The van der Waals surface area contributed by atoms with E-state index in [1.165, 1.54) is 0 Å². The first kappa shape index (κ1) is 6.81. The molecule has 0 rings (SSSR count). The summed E-state index contributed by atoms with van der Waals surface area (Å²) in [6, 6.07) is 0. The maximum absolute atomic E-state index is 10.9. The van der Waals surface area contributed by atoms with Crippen molar-refractivity contribution >= 4 is 6.98 Å². The molecule has 0 aliphatic carbocycles. The Morgan fingerprint density at radius 1 is 1.43 bits per heavy atom. The topological polar surface area (TPSA) is 9.23 Å². The summed E-state index contributed by atoms with van der Waals surface area (Å²) in [5.74, 6) is 0. The Labute approximate surface area is 39.5 Å². The van der Waals surface area contributed by atoms with Gasteiger partial charge in [-0.05, 0) is 0 Å². The van der Waals surface area contributed by atoms with E-state index in [1.807, 2.05) is 0 Å². The highest BCUT2D eigenvalue weighted by molar-refractivity contribution is 6.58. The molecule has 0 heterocycles. The van der Waals surface area contributed by atoms with Crippen LogP contribution >= 0.6 is 0 Å². The minimum absolute atomic E-state index is 1.32. The third kappa shape index (κ3) is 5.81. The van der Waals surface area contributed by atoms with Crippen molar-refractivity contribution in [1.82, 2.24) is 0 Å². The van der Waals surface area contributed by atoms with Crippen molar-refractivity contribution in [2.75, 3.05) is 6.51 Å². The standard InChI is InChI=1S/C2H3BF3O/c1-7-2-3(4,5)6/h1H,2H2/q-1. The molecule has 1 nitrogen and oxygen atoms in total. The first-order chi connectivity index (χ1) is 3.06. The summed E-state index contributed by atoms with van der Waals surface area (Å²) < 4.78 is 36.0. The molecule has 2 radical (unpaired) electrons. The largest absolute Gasteiger partial charge is 0.503 e. The summed E-state index contributed by atoms with van der Waals surface area (Å²) >= 11 is 0. The van der Waals surface area contributed by atoms with Crippen LogP contribution in [0.4, 0.5) is 12.9 Å². The molecule has 0 atom stereocenters. The molecule has 0 saturated carbocycles. The van der Waals surface area contributed by atoms with Gasteiger partial charge in [-0.15, -0.1) is 0 Å². The molecule has 0 spiro atoms. The molecule has 0 unspecified atom stereocenters. The molecule has 7 heavy (non-hydrogen) atoms. The maximum atomic E-state index is 10.9. The van der Waals surface area contributed by atoms with E-state index >= 15 is 0 Å². The van der Waals surface area contributed by atoms with Crippen molar-refractivity contribution in [3.05, 3.63) is 7.11 Å². The summed E-state index contributed by atoms with van der Waals surface area (Å²) in [5, 5.41) is 0. The van der Waals surface area contributed by atoms with E-state index in [4.69, 9.17) is 0 Å². The minimum atomic E-state index is -4.84. The maximum Gasteiger partial charge on any atom is 0.503 e. The molecule has 0 aliphatic heterocycles. The highest BCUT2D eigenvalue weighted by atomic mass is 19.4. The number of halogens is 3. The van der Waals surface area contributed by atoms with Crippen molar-refractivity contribution in [1.29, 1.82) is 0 Å². The molecule has 0 amide bonds. The molecule has 0 aromatic carbocycles. The van der Waals surface area contributed by atoms with Crippen LogP contribution in [0, 0.1) is 7.11 Å². The predicted octanol–water partition coefficient (Wildman–Crippen LogP) is 1.06. The zero-order valence-electron chi connectivity index (χ0n) is 3.40. The van der Waals surface area contributed by atoms with E-state index in [0.29, 0.717) is 0 Å². The van der Waals surface area contributed by atoms with Crippen LogP contribution in [-0.4, -0.2) is 13.5 Å². The van der Waals surface area contributed by atoms with E-state index in [1.54, 1.807) is 0 Å². The summed E-state index contributed by atoms with van der Waals surface area (Å²) in [5.41, 5.74) is 0. The van der Waals surface area contributed by atoms with E-state index < -0.39 is 13.5 Å². The van der Waals surface area contributed by atoms with E-state index in [9.17, 15) is 12.9 Å². The first-order valence-corrected chi connectivity index (χ1v) is 1.59. The molecule has 5 heteroatoms. The van der Waals surface area contributed by atoms with Gasteiger partial charge in [0.25, 0.3) is 0 Å². The van der Waals surface area contributed by atoms with Gasteiger partial charge in [-0.3, -0.25) is 0 Å². The second kappa shape index (κ2) is 2.21. The molecule has 0 bridgehead atoms. The number of ether oxygens (including phenoxy) is 1. The van der Waals surface area contributed by atoms with Crippen LogP contribution in [0.1, 0.15) is 0 Å². The molecule has 0 saturated heterocycles. The third-order valence-corrected chi connectivity index (χ3v) is 0.285. The molecule has 42 valence electrons. The average molecular weight is 111 g/mol. The fraction of sp³-hybridized carbons (Fsp3) is 0.500. The Bertz CT molecular complexity index is 51.4. The van der Waals surface area contributed by atoms with Crippen LogP contribution in [0.25, 0.3) is 0 Å². The van der Waals surface area contributed by atoms with Gasteiger partial charge in [-0.1, -0.05) is 0 Å². The fourth-order valence-electron chi connectivity index (χ4n) is 0.109. The van der Waals surface area contributed by atoms with Crippen molar-refractivity contribution in [2.24, 2.45) is 0 Å². The smallest absolute Gasteiger partial charge is 0.447 e. The van der Waals surface area contributed by atoms with Gasteiger partial charge in [0.1, 0.15) is 7.11 Å². The zero-order chi connectivity index (χ0) is 5.91. The highest BCUT2D eigenvalue weighted by Crippen LogP contribution is 2.06. The van der Waals surface area contributed by atoms with Crippen molar-refractivity contribution in [2.45, 2.75) is 0 Å². The van der Waals surface area contributed by atoms with Gasteiger partial charge in [-0.25, -0.2) is 0 Å². The summed E-state index contributed by atoms with van der Waals surface area (Å²) in [6.45, 7) is -6.16. The Morgan fingerprint density at radius 3 is 1.86 bits per heavy atom. The first-order valence-electron chi connectivity index (χ1n) is 1.59. The molecule has 0 N–H and O–H groups in total. The van der Waals surface area contributed by atoms with Gasteiger partial charge in [0.05, 0.1) is 0 Å². The van der Waals surface area contributed by atoms with Crippen molar-refractivity contribution in [3.8, 4) is 0 Å². The molecular weight excluding hydrogens is 108 g/mol. The third-order valence-electron chi connectivity index (χ3n) is 0.285. The van der Waals surface area contributed by atoms with Crippen LogP contribution < -0.4 is 0 Å². The molecule has 0 aromatic heterocycles. The average Bonchev–Trinajstić information content (AvgIpc) is 1.30. The lowest BCUT2D eigenvalue weighted by molar-refractivity contribution is 0.252. The lowest BCUT2D eigenvalue weighted by Crippen LogP contribution is -2.22. The van der Waals surface area contributed by atoms with E-state index in [-0.39, 0.29) is 0 Å². The molecule has 0 fully saturated rings. The summed E-state index contributed by atoms with van der Waals surface area (Å²) in [6.07, 6.45) is 0. The second-order valence-electron chi connectivity index (χ2n) is 1.04. The Morgan fingerprint density at radius 2 is 1.86 bits per heavy atom. The number of hydrogen-bond donors (Lipinski definition) is 0. The highest BCUT2D eigenvalue weighted by Gasteiger charge is 2.21. The molecular formula is C2H3BF3O-. The Balaban J connectivity index is 3.15. The molecule has 0 aliphatic rings. The van der Waals surface area contributed by atoms with Gasteiger partial charge in [0.15, 0.2) is 0 Å². The predicted molar refractivity (Wildman–Crippen MR) is 19.3 cm³/mol. The van der Waals surface area contributed by atoms with Crippen molar-refractivity contribution in [3.63, 3.8) is 0 Å². The monoisotopic (exact) mass is 111 g/mol. The van der Waals surface area contributed by atoms with Crippen LogP contribution in [0.2, 0.25) is 0 Å². The second-order valence-corrected chi connectivity index (χ2v) is 1.04. The van der Waals surface area contributed by atoms with Gasteiger partial charge in [0, 0.05) is 6.51 Å². The minimum Gasteiger partial charge on any atom is -0.447 e. The Hall–Kier alpha value is -0.185. The quantitative estimate of drug-likeness (QED) is 0.484. The normalized spacial score (nSPS) is 12.0. The van der Waals surface area contributed by atoms with Crippen LogP contribution in [-0.2, 0) is 4.74 Å². The fourth-order valence-corrected chi connectivity index (χ4v) is 0.109. The lowest BCUT2D eigenvalue weighted by Gasteiger charge is -2.09. The lowest BCUT2D eigenvalue weighted by atomic mass is 9.95. The zero-order valence-corrected chi connectivity index (χ0v) is 3.40. The van der Waals surface area contributed by atoms with Crippen LogP contribution in [0.3, 0.4) is 0 Å². The molecule has 0 aromatic rings. The van der Waals surface area contributed by atoms with Crippen LogP contribution in [0.15, 0.2) is 0 Å². The van der Waals surface area contributed by atoms with Crippen molar-refractivity contribution < 1.29 is 17.7 Å². The SMILES string of the molecule is [CH]OC[B-](F)(F)F. The Kier molecular flexibility index (Phi) is 2.15. The van der Waals surface area contributed by atoms with Crippen LogP contribution in [0.5, 0.6) is 0 Å². The van der Waals surface area contributed by atoms with E-state index in [0.717, 1.165) is 0 Å². The van der Waals surface area contributed by atoms with Gasteiger partial charge >= 0.3 is 6.98 Å². The van der Waals surface area contributed by atoms with Gasteiger partial charge in [0.2, 0.25) is 0 Å². The summed E-state index contributed by atoms with van der Waals surface area (Å²) in [7, 11) is 4.11. The number of hydrogen-bond acceptors (Lipinski definition) is 1. The number of rotatable bonds is 2. The van der Waals surface area contributed by atoms with Gasteiger partial charge in [-0.2, -0.15) is 0 Å². The summed E-state index contributed by atoms with van der Waals surface area (Å²) in [4.78, 5) is 0. The van der Waals surface area contributed by atoms with Gasteiger partial charge < -0.3 is 17.7 Å². The van der Waals surface area contributed by atoms with E-state index in [2.05, 4.69) is 11.8 Å².